The van der Waals surface area contributed by atoms with Crippen molar-refractivity contribution in [2.45, 2.75) is 23.6 Å². The molecule has 3 aromatic rings. The molecule has 0 saturated carbocycles. The number of amides is 1. The normalized spacial score (nSPS) is 11.6. The molecule has 0 aliphatic heterocycles. The average molecular weight is 518 g/mol. The Morgan fingerprint density at radius 1 is 0.800 bits per heavy atom. The van der Waals surface area contributed by atoms with Crippen molar-refractivity contribution < 1.29 is 26.4 Å². The van der Waals surface area contributed by atoms with Crippen LogP contribution in [-0.2, 0) is 24.8 Å². The second kappa shape index (κ2) is 11.3. The van der Waals surface area contributed by atoms with E-state index in [1.54, 1.807) is 49.4 Å². The summed E-state index contributed by atoms with van der Waals surface area (Å²) >= 11 is 0. The van der Waals surface area contributed by atoms with E-state index in [1.807, 2.05) is 6.92 Å². The van der Waals surface area contributed by atoms with Crippen LogP contribution in [0.15, 0.2) is 82.6 Å². The molecule has 0 aromatic heterocycles. The largest absolute Gasteiger partial charge is 0.484 e. The van der Waals surface area contributed by atoms with Gasteiger partial charge in [0, 0.05) is 18.8 Å². The van der Waals surface area contributed by atoms with Crippen LogP contribution >= 0.6 is 0 Å². The Morgan fingerprint density at radius 3 is 2.11 bits per heavy atom. The van der Waals surface area contributed by atoms with Crippen LogP contribution in [0.3, 0.4) is 0 Å². The van der Waals surface area contributed by atoms with Gasteiger partial charge in [0.1, 0.15) is 5.75 Å². The maximum atomic E-state index is 12.6. The van der Waals surface area contributed by atoms with Crippen LogP contribution in [0.4, 0.5) is 5.69 Å². The monoisotopic (exact) mass is 517 g/mol. The van der Waals surface area contributed by atoms with Gasteiger partial charge < -0.3 is 10.1 Å². The summed E-state index contributed by atoms with van der Waals surface area (Å²) in [6.07, 6.45) is 0. The van der Waals surface area contributed by atoms with E-state index in [0.29, 0.717) is 17.0 Å². The Kier molecular flexibility index (Phi) is 8.49. The lowest BCUT2D eigenvalue weighted by Crippen LogP contribution is -2.36. The lowest BCUT2D eigenvalue weighted by Gasteiger charge is -2.12. The van der Waals surface area contributed by atoms with Crippen LogP contribution in [0.2, 0.25) is 0 Å². The quantitative estimate of drug-likeness (QED) is 0.335. The molecule has 0 fully saturated rings. The van der Waals surface area contributed by atoms with Crippen LogP contribution < -0.4 is 19.5 Å². The van der Waals surface area contributed by atoms with E-state index in [2.05, 4.69) is 14.8 Å². The molecule has 3 N–H and O–H groups in total. The first kappa shape index (κ1) is 26.2. The summed E-state index contributed by atoms with van der Waals surface area (Å²) in [7, 11) is -7.43. The van der Waals surface area contributed by atoms with Crippen molar-refractivity contribution in [3.63, 3.8) is 0 Å². The van der Waals surface area contributed by atoms with Crippen LogP contribution in [0.5, 0.6) is 5.75 Å². The second-order valence-electron chi connectivity index (χ2n) is 7.75. The summed E-state index contributed by atoms with van der Waals surface area (Å²) in [4.78, 5) is 12.3. The third-order valence-corrected chi connectivity index (χ3v) is 7.77. The molecule has 9 nitrogen and oxygen atoms in total. The summed E-state index contributed by atoms with van der Waals surface area (Å²) in [5.41, 5.74) is 1.94. The lowest BCUT2D eigenvalue weighted by atomic mass is 10.2. The smallest absolute Gasteiger partial charge is 0.261 e. The van der Waals surface area contributed by atoms with Gasteiger partial charge in [-0.3, -0.25) is 9.52 Å². The number of benzene rings is 3. The number of carbonyl (C=O) groups excluding carboxylic acids is 1. The van der Waals surface area contributed by atoms with Crippen LogP contribution in [0.25, 0.3) is 0 Å². The zero-order valence-electron chi connectivity index (χ0n) is 19.3. The predicted molar refractivity (Wildman–Crippen MR) is 133 cm³/mol. The van der Waals surface area contributed by atoms with E-state index in [1.165, 1.54) is 30.3 Å². The first-order valence-corrected chi connectivity index (χ1v) is 13.7. The molecule has 0 aliphatic rings. The van der Waals surface area contributed by atoms with E-state index >= 15 is 0 Å². The van der Waals surface area contributed by atoms with Crippen LogP contribution in [0, 0.1) is 13.8 Å². The topological polar surface area (TPSA) is 131 Å². The number of sulfonamides is 2. The number of rotatable bonds is 11. The number of anilines is 1. The molecule has 0 radical (unpaired) electrons. The minimum Gasteiger partial charge on any atom is -0.484 e. The Bertz CT molecular complexity index is 1370. The molecule has 0 unspecified atom stereocenters. The maximum Gasteiger partial charge on any atom is 0.261 e. The first-order chi connectivity index (χ1) is 16.6. The van der Waals surface area contributed by atoms with E-state index < -0.39 is 26.0 Å². The fraction of sp³-hybridized carbons (Fsp3) is 0.208. The predicted octanol–water partition coefficient (Wildman–Crippen LogP) is 2.58. The summed E-state index contributed by atoms with van der Waals surface area (Å²) in [6, 6.07) is 19.3. The number of nitrogens with one attached hydrogen (secondary N) is 3. The minimum absolute atomic E-state index is 0.0158. The van der Waals surface area contributed by atoms with Gasteiger partial charge in [-0.15, -0.1) is 0 Å². The van der Waals surface area contributed by atoms with Crippen LogP contribution in [0.1, 0.15) is 11.1 Å². The molecule has 0 atom stereocenters. The molecular formula is C24H27N3O6S2. The molecule has 35 heavy (non-hydrogen) atoms. The van der Waals surface area contributed by atoms with E-state index in [0.717, 1.165) is 5.56 Å². The number of hydrogen-bond acceptors (Lipinski definition) is 6. The molecule has 0 bridgehead atoms. The summed E-state index contributed by atoms with van der Waals surface area (Å²) < 4.78 is 60.1. The van der Waals surface area contributed by atoms with Gasteiger partial charge in [-0.2, -0.15) is 0 Å². The van der Waals surface area contributed by atoms with Gasteiger partial charge in [0.15, 0.2) is 6.61 Å². The Balaban J connectivity index is 1.47. The van der Waals surface area contributed by atoms with Gasteiger partial charge in [0.2, 0.25) is 10.0 Å². The number of hydrogen-bond donors (Lipinski definition) is 3. The number of para-hydroxylation sites is 1. The number of carbonyl (C=O) groups is 1. The Hall–Kier alpha value is -3.41. The van der Waals surface area contributed by atoms with Gasteiger partial charge in [-0.25, -0.2) is 21.6 Å². The molecule has 0 spiro atoms. The Morgan fingerprint density at radius 2 is 1.46 bits per heavy atom. The lowest BCUT2D eigenvalue weighted by molar-refractivity contribution is -0.123. The van der Waals surface area contributed by atoms with Crippen molar-refractivity contribution in [2.75, 3.05) is 24.4 Å². The van der Waals surface area contributed by atoms with E-state index in [-0.39, 0.29) is 29.5 Å². The van der Waals surface area contributed by atoms with Gasteiger partial charge in [0.05, 0.1) is 9.79 Å². The summed E-state index contributed by atoms with van der Waals surface area (Å²) in [6.45, 7) is 3.33. The molecule has 0 aliphatic carbocycles. The third-order valence-electron chi connectivity index (χ3n) is 4.91. The zero-order valence-corrected chi connectivity index (χ0v) is 20.9. The molecule has 3 aromatic carbocycles. The third kappa shape index (κ3) is 7.54. The highest BCUT2D eigenvalue weighted by Crippen LogP contribution is 2.23. The molecular weight excluding hydrogens is 490 g/mol. The molecule has 11 heteroatoms. The molecule has 186 valence electrons. The van der Waals surface area contributed by atoms with Crippen molar-refractivity contribution in [2.24, 2.45) is 0 Å². The standard InChI is InChI=1S/C24H27N3O6S2/c1-18-8-10-21(11-9-18)34(29,30)26-15-14-25-24(28)17-33-23-13-12-22(16-19(23)2)35(31,32)27-20-6-4-3-5-7-20/h3-13,16,26-27H,14-15,17H2,1-2H3,(H,25,28). The van der Waals surface area contributed by atoms with Gasteiger partial charge in [0.25, 0.3) is 15.9 Å². The van der Waals surface area contributed by atoms with Gasteiger partial charge in [-0.1, -0.05) is 35.9 Å². The van der Waals surface area contributed by atoms with Crippen molar-refractivity contribution in [3.05, 3.63) is 83.9 Å². The SMILES string of the molecule is Cc1ccc(S(=O)(=O)NCCNC(=O)COc2ccc(S(=O)(=O)Nc3ccccc3)cc2C)cc1. The van der Waals surface area contributed by atoms with Crippen molar-refractivity contribution in [1.29, 1.82) is 0 Å². The van der Waals surface area contributed by atoms with Gasteiger partial charge >= 0.3 is 0 Å². The first-order valence-electron chi connectivity index (χ1n) is 10.7. The molecule has 0 heterocycles. The highest BCUT2D eigenvalue weighted by Gasteiger charge is 2.16. The summed E-state index contributed by atoms with van der Waals surface area (Å²) in [5, 5.41) is 2.57. The average Bonchev–Trinajstić information content (AvgIpc) is 2.81. The second-order valence-corrected chi connectivity index (χ2v) is 11.2. The minimum atomic E-state index is -3.77. The van der Waals surface area contributed by atoms with Crippen molar-refractivity contribution in [3.8, 4) is 5.75 Å². The van der Waals surface area contributed by atoms with Crippen LogP contribution in [-0.4, -0.2) is 42.4 Å². The Labute approximate surface area is 205 Å². The highest BCUT2D eigenvalue weighted by molar-refractivity contribution is 7.92. The number of aryl methyl sites for hydroxylation is 2. The fourth-order valence-corrected chi connectivity index (χ4v) is 5.23. The highest BCUT2D eigenvalue weighted by atomic mass is 32.2. The fourth-order valence-electron chi connectivity index (χ4n) is 3.05. The van der Waals surface area contributed by atoms with Crippen molar-refractivity contribution in [1.82, 2.24) is 10.0 Å². The molecule has 1 amide bonds. The molecule has 0 saturated heterocycles. The van der Waals surface area contributed by atoms with Crippen molar-refractivity contribution >= 4 is 31.6 Å². The summed E-state index contributed by atoms with van der Waals surface area (Å²) in [5.74, 6) is -0.0831. The zero-order chi connectivity index (χ0) is 25.5. The molecule has 3 rings (SSSR count). The van der Waals surface area contributed by atoms with E-state index in [9.17, 15) is 21.6 Å². The number of ether oxygens (including phenoxy) is 1. The van der Waals surface area contributed by atoms with Gasteiger partial charge in [-0.05, 0) is 61.9 Å². The van der Waals surface area contributed by atoms with E-state index in [4.69, 9.17) is 4.74 Å². The maximum absolute atomic E-state index is 12.6.